The van der Waals surface area contributed by atoms with Gasteiger partial charge in [0.15, 0.2) is 0 Å². The van der Waals surface area contributed by atoms with E-state index in [1.807, 2.05) is 6.92 Å². The monoisotopic (exact) mass is 192 g/mol. The summed E-state index contributed by atoms with van der Waals surface area (Å²) in [7, 11) is 0. The number of hydrogen-bond donors (Lipinski definition) is 0. The van der Waals surface area contributed by atoms with Gasteiger partial charge >= 0.3 is 6.94 Å². The van der Waals surface area contributed by atoms with Crippen LogP contribution in [0.25, 0.3) is 0 Å². The largest absolute Gasteiger partial charge is 0.404 e. The predicted octanol–water partition coefficient (Wildman–Crippen LogP) is 2.22. The zero-order valence-corrected chi connectivity index (χ0v) is 7.72. The van der Waals surface area contributed by atoms with Gasteiger partial charge in [-0.15, -0.1) is 33.8 Å². The molecule has 0 atom stereocenters. The molecule has 0 bridgehead atoms. The van der Waals surface area contributed by atoms with Crippen molar-refractivity contribution in [1.29, 1.82) is 0 Å². The molecule has 8 heavy (non-hydrogen) atoms. The molecule has 1 nitrogen and oxygen atoms in total. The summed E-state index contributed by atoms with van der Waals surface area (Å²) in [6.45, 7) is -0.101. The lowest BCUT2D eigenvalue weighted by molar-refractivity contribution is 0.352. The topological polar surface area (TPSA) is 9.23 Å². The molecule has 0 aliphatic carbocycles. The molecule has 0 amide bonds. The Bertz CT molecular complexity index is 67.5. The molecular formula is C3H7Cl3OSi. The van der Waals surface area contributed by atoms with E-state index in [-0.39, 0.29) is 5.50 Å². The Morgan fingerprint density at radius 3 is 2.12 bits per heavy atom. The van der Waals surface area contributed by atoms with E-state index >= 15 is 0 Å². The Morgan fingerprint density at radius 2 is 2.00 bits per heavy atom. The molecule has 50 valence electrons. The van der Waals surface area contributed by atoms with Crippen molar-refractivity contribution in [3.63, 3.8) is 0 Å². The highest BCUT2D eigenvalue weighted by Gasteiger charge is 2.28. The minimum absolute atomic E-state index is 0.226. The van der Waals surface area contributed by atoms with Gasteiger partial charge in [0.05, 0.1) is 5.50 Å². The molecule has 0 spiro atoms. The van der Waals surface area contributed by atoms with Gasteiger partial charge in [-0.1, -0.05) is 0 Å². The SMILES string of the molecule is CCO[Si](Cl)(Cl)CCl. The fourth-order valence-electron chi connectivity index (χ4n) is 0.250. The van der Waals surface area contributed by atoms with Gasteiger partial charge in [0.2, 0.25) is 0 Å². The van der Waals surface area contributed by atoms with Crippen LogP contribution in [0.2, 0.25) is 0 Å². The molecule has 0 radical (unpaired) electrons. The number of rotatable bonds is 3. The van der Waals surface area contributed by atoms with Gasteiger partial charge in [0.25, 0.3) is 0 Å². The van der Waals surface area contributed by atoms with Crippen LogP contribution in [0, 0.1) is 0 Å². The van der Waals surface area contributed by atoms with Crippen molar-refractivity contribution in [2.75, 3.05) is 12.1 Å². The van der Waals surface area contributed by atoms with E-state index in [9.17, 15) is 0 Å². The number of alkyl halides is 1. The van der Waals surface area contributed by atoms with Gasteiger partial charge in [0.1, 0.15) is 0 Å². The third-order valence-electron chi connectivity index (χ3n) is 0.511. The van der Waals surface area contributed by atoms with Crippen LogP contribution in [-0.4, -0.2) is 19.0 Å². The molecule has 0 heterocycles. The van der Waals surface area contributed by atoms with Crippen molar-refractivity contribution in [2.24, 2.45) is 0 Å². The average molecular weight is 194 g/mol. The maximum Gasteiger partial charge on any atom is 0.404 e. The Morgan fingerprint density at radius 1 is 1.50 bits per heavy atom. The highest BCUT2D eigenvalue weighted by Crippen LogP contribution is 2.17. The fraction of sp³-hybridized carbons (Fsp3) is 1.00. The van der Waals surface area contributed by atoms with Crippen LogP contribution in [-0.2, 0) is 4.43 Å². The van der Waals surface area contributed by atoms with Crippen LogP contribution in [0.15, 0.2) is 0 Å². The van der Waals surface area contributed by atoms with E-state index < -0.39 is 6.94 Å². The van der Waals surface area contributed by atoms with Crippen molar-refractivity contribution in [2.45, 2.75) is 6.92 Å². The Labute approximate surface area is 64.4 Å². The fourth-order valence-corrected chi connectivity index (χ4v) is 1.64. The van der Waals surface area contributed by atoms with E-state index in [1.165, 1.54) is 0 Å². The normalized spacial score (nSPS) is 12.0. The molecule has 0 saturated heterocycles. The summed E-state index contributed by atoms with van der Waals surface area (Å²) in [6.07, 6.45) is 0. The summed E-state index contributed by atoms with van der Waals surface area (Å²) in [5.74, 6) is 0. The van der Waals surface area contributed by atoms with Crippen molar-refractivity contribution in [3.8, 4) is 0 Å². The highest BCUT2D eigenvalue weighted by atomic mass is 35.7. The molecule has 5 heteroatoms. The summed E-state index contributed by atoms with van der Waals surface area (Å²) >= 11 is 16.5. The summed E-state index contributed by atoms with van der Waals surface area (Å²) in [6, 6.07) is 0. The van der Waals surface area contributed by atoms with Gasteiger partial charge in [-0.3, -0.25) is 0 Å². The average Bonchev–Trinajstić information content (AvgIpc) is 1.67. The lowest BCUT2D eigenvalue weighted by atomic mass is 10.9. The number of halogens is 3. The van der Waals surface area contributed by atoms with E-state index in [4.69, 9.17) is 38.2 Å². The first-order valence-corrected chi connectivity index (χ1v) is 6.87. The minimum Gasteiger partial charge on any atom is -0.392 e. The zero-order valence-electron chi connectivity index (χ0n) is 4.46. The maximum atomic E-state index is 5.57. The second-order valence-corrected chi connectivity index (χ2v) is 8.08. The summed E-state index contributed by atoms with van der Waals surface area (Å²) in [5.41, 5.74) is 0.226. The second-order valence-electron chi connectivity index (χ2n) is 1.20. The Hall–Kier alpha value is 1.05. The molecule has 0 aliphatic rings. The van der Waals surface area contributed by atoms with Crippen molar-refractivity contribution in [3.05, 3.63) is 0 Å². The quantitative estimate of drug-likeness (QED) is 0.379. The molecule has 0 unspecified atom stereocenters. The highest BCUT2D eigenvalue weighted by molar-refractivity contribution is 7.43. The molecule has 0 aromatic rings. The Balaban J connectivity index is 3.37. The first kappa shape index (κ1) is 9.05. The van der Waals surface area contributed by atoms with E-state index in [1.54, 1.807) is 0 Å². The number of hydrogen-bond acceptors (Lipinski definition) is 1. The third-order valence-corrected chi connectivity index (χ3v) is 4.94. The van der Waals surface area contributed by atoms with Gasteiger partial charge in [0, 0.05) is 6.61 Å². The smallest absolute Gasteiger partial charge is 0.392 e. The molecule has 0 saturated carbocycles. The van der Waals surface area contributed by atoms with E-state index in [0.29, 0.717) is 6.61 Å². The van der Waals surface area contributed by atoms with Crippen LogP contribution < -0.4 is 0 Å². The molecule has 0 aliphatic heterocycles. The van der Waals surface area contributed by atoms with Crippen LogP contribution in [0.4, 0.5) is 0 Å². The van der Waals surface area contributed by atoms with Crippen LogP contribution in [0.5, 0.6) is 0 Å². The molecular weight excluding hydrogens is 186 g/mol. The molecule has 0 aromatic heterocycles. The van der Waals surface area contributed by atoms with Crippen LogP contribution in [0.3, 0.4) is 0 Å². The van der Waals surface area contributed by atoms with Crippen molar-refractivity contribution >= 4 is 40.7 Å². The van der Waals surface area contributed by atoms with E-state index in [0.717, 1.165) is 0 Å². The van der Waals surface area contributed by atoms with Gasteiger partial charge in [-0.25, -0.2) is 0 Å². The summed E-state index contributed by atoms with van der Waals surface area (Å²) < 4.78 is 4.92. The molecule has 0 N–H and O–H groups in total. The van der Waals surface area contributed by atoms with Crippen molar-refractivity contribution < 1.29 is 4.43 Å². The third kappa shape index (κ3) is 3.98. The maximum absolute atomic E-state index is 5.57. The second kappa shape index (κ2) is 3.96. The standard InChI is InChI=1S/C3H7Cl3OSi/c1-2-7-8(5,6)3-4/h2-3H2,1H3. The van der Waals surface area contributed by atoms with Gasteiger partial charge in [-0.05, 0) is 6.92 Å². The zero-order chi connectivity index (χ0) is 6.62. The van der Waals surface area contributed by atoms with E-state index in [2.05, 4.69) is 0 Å². The predicted molar refractivity (Wildman–Crippen MR) is 39.8 cm³/mol. The van der Waals surface area contributed by atoms with Crippen molar-refractivity contribution in [1.82, 2.24) is 0 Å². The van der Waals surface area contributed by atoms with Gasteiger partial charge in [-0.2, -0.15) is 0 Å². The van der Waals surface area contributed by atoms with Crippen LogP contribution in [0.1, 0.15) is 6.92 Å². The summed E-state index contributed by atoms with van der Waals surface area (Å²) in [5, 5.41) is 0. The minimum atomic E-state index is -2.47. The lowest BCUT2D eigenvalue weighted by Crippen LogP contribution is -2.26. The van der Waals surface area contributed by atoms with Gasteiger partial charge < -0.3 is 4.43 Å². The lowest BCUT2D eigenvalue weighted by Gasteiger charge is -2.10. The molecule has 0 fully saturated rings. The first-order chi connectivity index (χ1) is 3.62. The molecule has 0 aromatic carbocycles. The summed E-state index contributed by atoms with van der Waals surface area (Å²) in [4.78, 5) is 0. The Kier molecular flexibility index (Phi) is 4.48. The van der Waals surface area contributed by atoms with Crippen LogP contribution >= 0.6 is 33.8 Å². The first-order valence-electron chi connectivity index (χ1n) is 2.20. The molecule has 0 rings (SSSR count).